The van der Waals surface area contributed by atoms with Gasteiger partial charge < -0.3 is 14.7 Å². The van der Waals surface area contributed by atoms with Crippen LogP contribution in [-0.4, -0.2) is 42.9 Å². The lowest BCUT2D eigenvalue weighted by molar-refractivity contribution is 0.171. The van der Waals surface area contributed by atoms with Crippen LogP contribution >= 0.6 is 11.6 Å². The van der Waals surface area contributed by atoms with Gasteiger partial charge in [0.05, 0.1) is 35.0 Å². The fraction of sp³-hybridized carbons (Fsp3) is 0.296. The molecule has 1 fully saturated rings. The molecule has 1 saturated heterocycles. The molecule has 1 heterocycles. The molecule has 0 spiro atoms. The first-order valence-electron chi connectivity index (χ1n) is 11.3. The largest absolute Gasteiger partial charge is 0.491 e. The number of ether oxygens (including phenoxy) is 1. The Morgan fingerprint density at radius 1 is 1.12 bits per heavy atom. The molecule has 1 N–H and O–H groups in total. The van der Waals surface area contributed by atoms with Crippen molar-refractivity contribution in [2.24, 2.45) is 0 Å². The van der Waals surface area contributed by atoms with Crippen molar-refractivity contribution in [2.75, 3.05) is 37.7 Å². The van der Waals surface area contributed by atoms with Crippen molar-refractivity contribution in [3.8, 4) is 11.8 Å². The number of benzene rings is 3. The Morgan fingerprint density at radius 3 is 2.50 bits per heavy atom. The second-order valence-electron chi connectivity index (χ2n) is 8.35. The summed E-state index contributed by atoms with van der Waals surface area (Å²) in [5, 5.41) is 18.7. The van der Waals surface area contributed by atoms with E-state index >= 15 is 0 Å². The quantitative estimate of drug-likeness (QED) is 0.495. The van der Waals surface area contributed by atoms with E-state index in [0.29, 0.717) is 16.3 Å². The maximum atomic E-state index is 13.7. The number of nitrogens with zero attached hydrogens (tertiary/aromatic N) is 3. The average Bonchev–Trinajstić information content (AvgIpc) is 2.87. The molecule has 0 aromatic heterocycles. The SMILES string of the molecule is CC(c1ccc(C#N)cc1)N1CCN(c2ccc(OCCO)cc2Cl)[C@H](c2ccc(F)cc2)C1. The third-order valence-corrected chi connectivity index (χ3v) is 6.63. The predicted octanol–water partition coefficient (Wildman–Crippen LogP) is 5.35. The van der Waals surface area contributed by atoms with Crippen LogP contribution in [0.5, 0.6) is 5.75 Å². The summed E-state index contributed by atoms with van der Waals surface area (Å²) in [5.41, 5.74) is 3.69. The van der Waals surface area contributed by atoms with Gasteiger partial charge in [-0.1, -0.05) is 35.9 Å². The maximum absolute atomic E-state index is 13.7. The fourth-order valence-corrected chi connectivity index (χ4v) is 4.71. The Balaban J connectivity index is 1.61. The van der Waals surface area contributed by atoms with Crippen molar-refractivity contribution in [3.05, 3.63) is 94.3 Å². The van der Waals surface area contributed by atoms with Crippen LogP contribution in [-0.2, 0) is 0 Å². The first-order valence-corrected chi connectivity index (χ1v) is 11.7. The minimum atomic E-state index is -0.266. The summed E-state index contributed by atoms with van der Waals surface area (Å²) in [7, 11) is 0. The van der Waals surface area contributed by atoms with Gasteiger partial charge in [0.2, 0.25) is 0 Å². The topological polar surface area (TPSA) is 59.7 Å². The molecule has 34 heavy (non-hydrogen) atoms. The van der Waals surface area contributed by atoms with Crippen LogP contribution < -0.4 is 9.64 Å². The van der Waals surface area contributed by atoms with Crippen molar-refractivity contribution in [3.63, 3.8) is 0 Å². The smallest absolute Gasteiger partial charge is 0.123 e. The van der Waals surface area contributed by atoms with Crippen LogP contribution in [0, 0.1) is 17.1 Å². The van der Waals surface area contributed by atoms with Gasteiger partial charge in [0.1, 0.15) is 18.2 Å². The Hall–Kier alpha value is -3.11. The number of nitriles is 1. The maximum Gasteiger partial charge on any atom is 0.123 e. The highest BCUT2D eigenvalue weighted by atomic mass is 35.5. The first-order chi connectivity index (χ1) is 16.5. The summed E-state index contributed by atoms with van der Waals surface area (Å²) >= 11 is 6.66. The van der Waals surface area contributed by atoms with Gasteiger partial charge >= 0.3 is 0 Å². The van der Waals surface area contributed by atoms with Crippen molar-refractivity contribution >= 4 is 17.3 Å². The highest BCUT2D eigenvalue weighted by Gasteiger charge is 2.32. The molecule has 5 nitrogen and oxygen atoms in total. The lowest BCUT2D eigenvalue weighted by Gasteiger charge is -2.45. The number of aliphatic hydroxyl groups is 1. The molecule has 3 aromatic carbocycles. The lowest BCUT2D eigenvalue weighted by atomic mass is 9.98. The highest BCUT2D eigenvalue weighted by molar-refractivity contribution is 6.33. The summed E-state index contributed by atoms with van der Waals surface area (Å²) in [6, 6.07) is 22.2. The molecular weight excluding hydrogens is 453 g/mol. The monoisotopic (exact) mass is 479 g/mol. The molecule has 0 saturated carbocycles. The molecule has 1 aliphatic rings. The van der Waals surface area contributed by atoms with E-state index in [1.54, 1.807) is 6.07 Å². The molecule has 0 radical (unpaired) electrons. The van der Waals surface area contributed by atoms with Crippen LogP contribution in [0.3, 0.4) is 0 Å². The Kier molecular flexibility index (Phi) is 7.69. The van der Waals surface area contributed by atoms with Crippen LogP contribution in [0.4, 0.5) is 10.1 Å². The summed E-state index contributed by atoms with van der Waals surface area (Å²) in [6.07, 6.45) is 0. The lowest BCUT2D eigenvalue weighted by Crippen LogP contribution is -2.49. The van der Waals surface area contributed by atoms with Crippen molar-refractivity contribution in [1.29, 1.82) is 5.26 Å². The molecule has 0 bridgehead atoms. The number of hydrogen-bond donors (Lipinski definition) is 1. The zero-order valence-corrected chi connectivity index (χ0v) is 19.8. The zero-order valence-electron chi connectivity index (χ0n) is 19.0. The van der Waals surface area contributed by atoms with Gasteiger partial charge in [-0.2, -0.15) is 5.26 Å². The number of hydrogen-bond acceptors (Lipinski definition) is 5. The van der Waals surface area contributed by atoms with Crippen LogP contribution in [0.2, 0.25) is 5.02 Å². The normalized spacial score (nSPS) is 17.3. The van der Waals surface area contributed by atoms with Crippen molar-refractivity contribution in [1.82, 2.24) is 4.90 Å². The van der Waals surface area contributed by atoms with Crippen molar-refractivity contribution in [2.45, 2.75) is 19.0 Å². The van der Waals surface area contributed by atoms with E-state index in [9.17, 15) is 4.39 Å². The van der Waals surface area contributed by atoms with Gasteiger partial charge in [0.15, 0.2) is 0 Å². The zero-order chi connectivity index (χ0) is 24.1. The van der Waals surface area contributed by atoms with E-state index in [-0.39, 0.29) is 31.1 Å². The molecule has 0 aliphatic carbocycles. The number of piperazine rings is 1. The third kappa shape index (κ3) is 5.34. The van der Waals surface area contributed by atoms with Crippen LogP contribution in [0.1, 0.15) is 35.7 Å². The molecule has 2 atom stereocenters. The van der Waals surface area contributed by atoms with Gasteiger partial charge in [-0.3, -0.25) is 4.90 Å². The van der Waals surface area contributed by atoms with Crippen molar-refractivity contribution < 1.29 is 14.2 Å². The van der Waals surface area contributed by atoms with Crippen LogP contribution in [0.25, 0.3) is 0 Å². The third-order valence-electron chi connectivity index (χ3n) is 6.33. The fourth-order valence-electron chi connectivity index (χ4n) is 4.44. The molecule has 176 valence electrons. The summed E-state index contributed by atoms with van der Waals surface area (Å²) in [4.78, 5) is 4.66. The standard InChI is InChI=1S/C27H27ClFN3O2/c1-19(21-4-2-20(17-30)3-5-21)31-12-13-32(27(18-31)22-6-8-23(29)9-7-22)26-11-10-24(16-25(26)28)34-15-14-33/h2-11,16,19,27,33H,12-15,18H2,1H3/t19?,27-/m0/s1. The van der Waals surface area contributed by atoms with E-state index in [0.717, 1.165) is 36.4 Å². The number of rotatable bonds is 7. The summed E-state index contributed by atoms with van der Waals surface area (Å²) < 4.78 is 19.2. The minimum absolute atomic E-state index is 0.0307. The van der Waals surface area contributed by atoms with Gasteiger partial charge in [-0.15, -0.1) is 0 Å². The molecule has 0 amide bonds. The molecule has 1 aliphatic heterocycles. The van der Waals surface area contributed by atoms with Gasteiger partial charge in [-0.25, -0.2) is 4.39 Å². The van der Waals surface area contributed by atoms with Crippen LogP contribution in [0.15, 0.2) is 66.7 Å². The van der Waals surface area contributed by atoms with E-state index in [1.807, 2.05) is 48.5 Å². The average molecular weight is 480 g/mol. The van der Waals surface area contributed by atoms with Gasteiger partial charge in [0, 0.05) is 31.7 Å². The predicted molar refractivity (Wildman–Crippen MR) is 132 cm³/mol. The molecule has 7 heteroatoms. The summed E-state index contributed by atoms with van der Waals surface area (Å²) in [6.45, 7) is 4.59. The van der Waals surface area contributed by atoms with E-state index in [2.05, 4.69) is 22.8 Å². The van der Waals surface area contributed by atoms with Gasteiger partial charge in [-0.05, 0) is 54.4 Å². The van der Waals surface area contributed by atoms with Gasteiger partial charge in [0.25, 0.3) is 0 Å². The first kappa shape index (κ1) is 24.0. The molecular formula is C27H27ClFN3O2. The minimum Gasteiger partial charge on any atom is -0.491 e. The molecule has 3 aromatic rings. The van der Waals surface area contributed by atoms with E-state index < -0.39 is 0 Å². The number of halogens is 2. The molecule has 1 unspecified atom stereocenters. The Bertz CT molecular complexity index is 1150. The number of anilines is 1. The summed E-state index contributed by atoms with van der Waals surface area (Å²) in [5.74, 6) is 0.339. The van der Waals surface area contributed by atoms with E-state index in [1.165, 1.54) is 12.1 Å². The number of aliphatic hydroxyl groups excluding tert-OH is 1. The van der Waals surface area contributed by atoms with E-state index in [4.69, 9.17) is 26.7 Å². The molecule has 4 rings (SSSR count). The second kappa shape index (κ2) is 10.9. The Labute approximate surface area is 204 Å². The highest BCUT2D eigenvalue weighted by Crippen LogP contribution is 2.38. The second-order valence-corrected chi connectivity index (χ2v) is 8.76. The Morgan fingerprint density at radius 2 is 1.85 bits per heavy atom.